The van der Waals surface area contributed by atoms with Crippen LogP contribution >= 0.6 is 23.7 Å². The van der Waals surface area contributed by atoms with Gasteiger partial charge in [0.15, 0.2) is 5.13 Å². The Morgan fingerprint density at radius 3 is 2.00 bits per heavy atom. The van der Waals surface area contributed by atoms with E-state index in [-0.39, 0.29) is 12.4 Å². The van der Waals surface area contributed by atoms with Crippen molar-refractivity contribution >= 4 is 56.4 Å². The Balaban J connectivity index is 0.00000144. The number of anilines is 2. The summed E-state index contributed by atoms with van der Waals surface area (Å²) in [7, 11) is 0. The van der Waals surface area contributed by atoms with Crippen LogP contribution < -0.4 is 5.32 Å². The number of rotatable bonds is 2. The van der Waals surface area contributed by atoms with Gasteiger partial charge in [0.2, 0.25) is 0 Å². The van der Waals surface area contributed by atoms with E-state index in [9.17, 15) is 0 Å². The van der Waals surface area contributed by atoms with E-state index >= 15 is 0 Å². The summed E-state index contributed by atoms with van der Waals surface area (Å²) in [5.41, 5.74) is 4.09. The number of para-hydroxylation sites is 2. The number of thiazole rings is 1. The first-order valence-electron chi connectivity index (χ1n) is 6.78. The molecule has 4 aromatic rings. The zero-order chi connectivity index (χ0) is 14.2. The molecular formula is C17H14ClN3S. The highest BCUT2D eigenvalue weighted by Gasteiger charge is 2.10. The maximum atomic E-state index is 4.73. The van der Waals surface area contributed by atoms with E-state index in [0.717, 1.165) is 38.3 Å². The summed E-state index contributed by atoms with van der Waals surface area (Å²) < 4.78 is 0. The summed E-state index contributed by atoms with van der Waals surface area (Å²) in [5, 5.41) is 8.67. The number of fused-ring (bicyclic) bond motifs is 2. The summed E-state index contributed by atoms with van der Waals surface area (Å²) in [5.74, 6) is 0. The molecule has 0 aliphatic carbocycles. The average Bonchev–Trinajstić information content (AvgIpc) is 2.92. The van der Waals surface area contributed by atoms with Gasteiger partial charge in [-0.1, -0.05) is 36.4 Å². The molecule has 2 aromatic carbocycles. The normalized spacial score (nSPS) is 10.6. The molecule has 4 rings (SSSR count). The molecule has 0 aliphatic heterocycles. The molecule has 0 atom stereocenters. The van der Waals surface area contributed by atoms with Gasteiger partial charge in [0, 0.05) is 16.2 Å². The van der Waals surface area contributed by atoms with Crippen LogP contribution in [0, 0.1) is 6.92 Å². The van der Waals surface area contributed by atoms with Crippen LogP contribution in [0.1, 0.15) is 5.69 Å². The highest BCUT2D eigenvalue weighted by atomic mass is 35.5. The molecule has 110 valence electrons. The fourth-order valence-corrected chi connectivity index (χ4v) is 3.19. The SMILES string of the molecule is Cc1csc(Nc2c3ccccc3nc3ccccc23)n1.Cl. The van der Waals surface area contributed by atoms with Gasteiger partial charge >= 0.3 is 0 Å². The zero-order valence-electron chi connectivity index (χ0n) is 11.9. The molecule has 0 radical (unpaired) electrons. The number of nitrogens with zero attached hydrogens (tertiary/aromatic N) is 2. The zero-order valence-corrected chi connectivity index (χ0v) is 13.5. The van der Waals surface area contributed by atoms with E-state index in [4.69, 9.17) is 4.98 Å². The van der Waals surface area contributed by atoms with Crippen LogP contribution in [-0.4, -0.2) is 9.97 Å². The van der Waals surface area contributed by atoms with E-state index < -0.39 is 0 Å². The second kappa shape index (κ2) is 5.91. The molecule has 0 bridgehead atoms. The van der Waals surface area contributed by atoms with E-state index in [1.807, 2.05) is 48.7 Å². The number of hydrogen-bond acceptors (Lipinski definition) is 4. The molecule has 0 unspecified atom stereocenters. The van der Waals surface area contributed by atoms with Crippen molar-refractivity contribution in [1.82, 2.24) is 9.97 Å². The number of nitrogens with one attached hydrogen (secondary N) is 1. The summed E-state index contributed by atoms with van der Waals surface area (Å²) in [6, 6.07) is 16.4. The van der Waals surface area contributed by atoms with Gasteiger partial charge in [-0.2, -0.15) is 0 Å². The van der Waals surface area contributed by atoms with Crippen molar-refractivity contribution in [2.75, 3.05) is 5.32 Å². The van der Waals surface area contributed by atoms with Gasteiger partial charge in [0.25, 0.3) is 0 Å². The molecule has 22 heavy (non-hydrogen) atoms. The second-order valence-electron chi connectivity index (χ2n) is 4.94. The van der Waals surface area contributed by atoms with Crippen molar-refractivity contribution in [1.29, 1.82) is 0 Å². The minimum absolute atomic E-state index is 0. The summed E-state index contributed by atoms with van der Waals surface area (Å²) in [6.07, 6.45) is 0. The summed E-state index contributed by atoms with van der Waals surface area (Å²) >= 11 is 1.62. The predicted octanol–water partition coefficient (Wildman–Crippen LogP) is 5.32. The smallest absolute Gasteiger partial charge is 0.187 e. The maximum Gasteiger partial charge on any atom is 0.187 e. The van der Waals surface area contributed by atoms with Gasteiger partial charge in [0.1, 0.15) is 0 Å². The van der Waals surface area contributed by atoms with E-state index in [0.29, 0.717) is 0 Å². The largest absolute Gasteiger partial charge is 0.330 e. The first-order valence-corrected chi connectivity index (χ1v) is 7.66. The molecule has 0 fully saturated rings. The summed E-state index contributed by atoms with van der Waals surface area (Å²) in [6.45, 7) is 2.00. The third-order valence-corrected chi connectivity index (χ3v) is 4.31. The van der Waals surface area contributed by atoms with Gasteiger partial charge in [-0.3, -0.25) is 0 Å². The number of hydrogen-bond donors (Lipinski definition) is 1. The highest BCUT2D eigenvalue weighted by molar-refractivity contribution is 7.13. The van der Waals surface area contributed by atoms with E-state index in [1.54, 1.807) is 11.3 Å². The molecule has 0 spiro atoms. The van der Waals surface area contributed by atoms with Crippen molar-refractivity contribution in [3.8, 4) is 0 Å². The molecule has 0 saturated heterocycles. The molecule has 3 nitrogen and oxygen atoms in total. The number of aromatic nitrogens is 2. The molecule has 2 aromatic heterocycles. The first kappa shape index (κ1) is 14.8. The Morgan fingerprint density at radius 2 is 1.45 bits per heavy atom. The van der Waals surface area contributed by atoms with Crippen molar-refractivity contribution in [2.45, 2.75) is 6.92 Å². The van der Waals surface area contributed by atoms with Crippen molar-refractivity contribution in [3.63, 3.8) is 0 Å². The van der Waals surface area contributed by atoms with E-state index in [1.165, 1.54) is 0 Å². The Hall–Kier alpha value is -2.17. The number of pyridine rings is 1. The molecular weight excluding hydrogens is 314 g/mol. The lowest BCUT2D eigenvalue weighted by Gasteiger charge is -2.11. The molecule has 0 aliphatic rings. The lowest BCUT2D eigenvalue weighted by Crippen LogP contribution is -1.94. The molecule has 1 N–H and O–H groups in total. The first-order chi connectivity index (χ1) is 10.3. The lowest BCUT2D eigenvalue weighted by molar-refractivity contribution is 1.26. The predicted molar refractivity (Wildman–Crippen MR) is 96.6 cm³/mol. The molecule has 0 amide bonds. The molecule has 0 saturated carbocycles. The highest BCUT2D eigenvalue weighted by Crippen LogP contribution is 2.33. The van der Waals surface area contributed by atoms with Gasteiger partial charge in [-0.25, -0.2) is 9.97 Å². The lowest BCUT2D eigenvalue weighted by atomic mass is 10.1. The average molecular weight is 328 g/mol. The maximum absolute atomic E-state index is 4.73. The van der Waals surface area contributed by atoms with Crippen LogP contribution in [0.5, 0.6) is 0 Å². The standard InChI is InChI=1S/C17H13N3S.ClH/c1-11-10-21-17(18-11)20-16-12-6-2-4-8-14(12)19-15-9-5-3-7-13(15)16;/h2-10H,1H3,(H,18,19,20);1H. The Kier molecular flexibility index (Phi) is 3.96. The molecule has 5 heteroatoms. The fraction of sp³-hybridized carbons (Fsp3) is 0.0588. The topological polar surface area (TPSA) is 37.8 Å². The van der Waals surface area contributed by atoms with Gasteiger partial charge in [0.05, 0.1) is 22.4 Å². The second-order valence-corrected chi connectivity index (χ2v) is 5.80. The van der Waals surface area contributed by atoms with Gasteiger partial charge in [-0.05, 0) is 19.1 Å². The fourth-order valence-electron chi connectivity index (χ4n) is 2.49. The van der Waals surface area contributed by atoms with Crippen molar-refractivity contribution in [3.05, 3.63) is 59.6 Å². The monoisotopic (exact) mass is 327 g/mol. The van der Waals surface area contributed by atoms with Gasteiger partial charge in [-0.15, -0.1) is 23.7 Å². The third-order valence-electron chi connectivity index (χ3n) is 3.44. The number of halogens is 1. The summed E-state index contributed by atoms with van der Waals surface area (Å²) in [4.78, 5) is 9.23. The Bertz CT molecular complexity index is 895. The van der Waals surface area contributed by atoms with Crippen molar-refractivity contribution < 1.29 is 0 Å². The minimum atomic E-state index is 0. The number of aryl methyl sites for hydroxylation is 1. The Labute approximate surface area is 138 Å². The quantitative estimate of drug-likeness (QED) is 0.506. The van der Waals surface area contributed by atoms with Crippen LogP contribution in [0.4, 0.5) is 10.8 Å². The van der Waals surface area contributed by atoms with Crippen LogP contribution in [-0.2, 0) is 0 Å². The molecule has 2 heterocycles. The van der Waals surface area contributed by atoms with Gasteiger partial charge < -0.3 is 5.32 Å². The van der Waals surface area contributed by atoms with Crippen LogP contribution in [0.15, 0.2) is 53.9 Å². The third kappa shape index (κ3) is 2.51. The van der Waals surface area contributed by atoms with Crippen molar-refractivity contribution in [2.24, 2.45) is 0 Å². The minimum Gasteiger partial charge on any atom is -0.330 e. The van der Waals surface area contributed by atoms with Crippen LogP contribution in [0.2, 0.25) is 0 Å². The van der Waals surface area contributed by atoms with Crippen LogP contribution in [0.3, 0.4) is 0 Å². The van der Waals surface area contributed by atoms with Crippen LogP contribution in [0.25, 0.3) is 21.8 Å². The number of benzene rings is 2. The van der Waals surface area contributed by atoms with E-state index in [2.05, 4.69) is 22.4 Å². The Morgan fingerprint density at radius 1 is 0.864 bits per heavy atom.